The fraction of sp³-hybridized carbons (Fsp3) is 0.0976. The highest BCUT2D eigenvalue weighted by Crippen LogP contribution is 2.64. The molecular weight excluding hydrogens is 1090 g/mol. The molecule has 0 bridgehead atoms. The van der Waals surface area contributed by atoms with E-state index in [9.17, 15) is 10.5 Å². The van der Waals surface area contributed by atoms with Gasteiger partial charge in [-0.3, -0.25) is 0 Å². The quantitative estimate of drug-likeness (QED) is 0.165. The van der Waals surface area contributed by atoms with E-state index in [1.165, 1.54) is 66.0 Å². The van der Waals surface area contributed by atoms with Crippen molar-refractivity contribution in [3.63, 3.8) is 0 Å². The number of nitriles is 2. The number of anilines is 6. The van der Waals surface area contributed by atoms with Crippen molar-refractivity contribution in [1.29, 1.82) is 10.5 Å². The number of fused-ring (bicyclic) bond motifs is 22. The lowest BCUT2D eigenvalue weighted by molar-refractivity contribution is 0.667. The zero-order valence-electron chi connectivity index (χ0n) is 49.7. The van der Waals surface area contributed by atoms with E-state index in [1.807, 2.05) is 24.3 Å². The standard InChI is InChI=1S/C82H55N5O2/c1-46-34-37-67(49(4)39-46)85(71-31-15-25-60-58-23-12-17-51(44-83)78(58)88-80(60)71)73-42-65-75(55-21-7-6-19-53(55)73)76-56-36-33-48(3)41-62(56)74(86(68-38-35-47(2)40-50(68)5)72-32-16-26-61-59-24-13-18-52(45-84)79(59)89-81(61)72)43-66(76)82(65)63-27-9-11-30-70(63)87-69-29-10-8-20-54(69)57-22-14-28-64(82)77(57)87/h6-32,34-43,48H,33H2,1-5H3. The van der Waals surface area contributed by atoms with E-state index >= 15 is 0 Å². The van der Waals surface area contributed by atoms with E-state index in [-0.39, 0.29) is 5.92 Å². The Labute approximate surface area is 513 Å². The van der Waals surface area contributed by atoms with E-state index in [2.05, 4.69) is 261 Å². The second kappa shape index (κ2) is 18.6. The zero-order valence-corrected chi connectivity index (χ0v) is 49.7. The molecule has 1 aliphatic heterocycles. The number of nitrogens with zero attached hydrogens (tertiary/aromatic N) is 5. The summed E-state index contributed by atoms with van der Waals surface area (Å²) in [6, 6.07) is 82.2. The highest BCUT2D eigenvalue weighted by atomic mass is 16.3. The predicted molar refractivity (Wildman–Crippen MR) is 363 cm³/mol. The maximum Gasteiger partial charge on any atom is 0.159 e. The van der Waals surface area contributed by atoms with Crippen LogP contribution in [0.2, 0.25) is 0 Å². The lowest BCUT2D eigenvalue weighted by atomic mass is 9.65. The fourth-order valence-electron chi connectivity index (χ4n) is 16.1. The summed E-state index contributed by atoms with van der Waals surface area (Å²) in [6.07, 6.45) is 5.90. The topological polar surface area (TPSA) is 85.3 Å². The van der Waals surface area contributed by atoms with Crippen molar-refractivity contribution in [3.05, 3.63) is 278 Å². The highest BCUT2D eigenvalue weighted by molar-refractivity contribution is 6.18. The summed E-state index contributed by atoms with van der Waals surface area (Å²) in [4.78, 5) is 4.90. The van der Waals surface area contributed by atoms with E-state index in [4.69, 9.17) is 8.83 Å². The Balaban J connectivity index is 1.04. The van der Waals surface area contributed by atoms with E-state index in [0.29, 0.717) is 33.5 Å². The SMILES string of the molecule is Cc1ccc(N(c2cc3c(c4c2=CC(C)CC=4)-c2c(cc(N(c4ccc(C)cc4C)c4cccc5c4oc4c(C#N)cccc45)c4ccccc24)C32c3ccccc3-n3c4ccccc4c4cccc2c43)c2cccc3c2oc2c(C#N)cccc23)c(C)c1. The minimum absolute atomic E-state index is 0.228. The van der Waals surface area contributed by atoms with Gasteiger partial charge in [0.1, 0.15) is 12.1 Å². The summed E-state index contributed by atoms with van der Waals surface area (Å²) < 4.78 is 16.7. The van der Waals surface area contributed by atoms with Gasteiger partial charge < -0.3 is 23.2 Å². The number of furan rings is 2. The van der Waals surface area contributed by atoms with Crippen LogP contribution >= 0.6 is 0 Å². The minimum Gasteiger partial charge on any atom is -0.452 e. The number of para-hydroxylation sites is 7. The molecule has 12 aromatic carbocycles. The normalized spacial score (nSPS) is 15.3. The summed E-state index contributed by atoms with van der Waals surface area (Å²) in [5, 5.41) is 31.7. The molecule has 0 saturated heterocycles. The van der Waals surface area contributed by atoms with Gasteiger partial charge in [-0.2, -0.15) is 10.5 Å². The lowest BCUT2D eigenvalue weighted by Crippen LogP contribution is -2.38. The number of hydrogen-bond acceptors (Lipinski definition) is 6. The number of hydrogen-bond donors (Lipinski definition) is 0. The van der Waals surface area contributed by atoms with Crippen LogP contribution in [-0.2, 0) is 5.41 Å². The highest BCUT2D eigenvalue weighted by Gasteiger charge is 2.53. The van der Waals surface area contributed by atoms with Crippen molar-refractivity contribution in [3.8, 4) is 29.0 Å². The Morgan fingerprint density at radius 3 is 1.57 bits per heavy atom. The van der Waals surface area contributed by atoms with Crippen LogP contribution in [0.4, 0.5) is 34.1 Å². The van der Waals surface area contributed by atoms with Crippen LogP contribution in [0.5, 0.6) is 0 Å². The first kappa shape index (κ1) is 50.9. The Morgan fingerprint density at radius 2 is 0.933 bits per heavy atom. The van der Waals surface area contributed by atoms with Gasteiger partial charge in [0.2, 0.25) is 0 Å². The lowest BCUT2D eigenvalue weighted by Gasteiger charge is -2.40. The molecule has 15 aromatic rings. The van der Waals surface area contributed by atoms with Gasteiger partial charge in [-0.1, -0.05) is 182 Å². The third-order valence-corrected chi connectivity index (χ3v) is 19.7. The smallest absolute Gasteiger partial charge is 0.159 e. The molecule has 0 N–H and O–H groups in total. The van der Waals surface area contributed by atoms with Crippen molar-refractivity contribution < 1.29 is 8.83 Å². The van der Waals surface area contributed by atoms with Crippen molar-refractivity contribution in [2.45, 2.75) is 46.5 Å². The first-order valence-electron chi connectivity index (χ1n) is 30.7. The maximum atomic E-state index is 10.5. The molecule has 18 rings (SSSR count). The molecule has 89 heavy (non-hydrogen) atoms. The van der Waals surface area contributed by atoms with Crippen molar-refractivity contribution in [2.24, 2.45) is 5.92 Å². The average molecular weight is 1140 g/mol. The Hall–Kier alpha value is -11.4. The Morgan fingerprint density at radius 1 is 0.427 bits per heavy atom. The molecule has 2 aliphatic carbocycles. The molecule has 7 nitrogen and oxygen atoms in total. The molecule has 420 valence electrons. The monoisotopic (exact) mass is 1140 g/mol. The van der Waals surface area contributed by atoms with Crippen LogP contribution in [0.25, 0.3) is 105 Å². The van der Waals surface area contributed by atoms with Gasteiger partial charge in [-0.25, -0.2) is 0 Å². The van der Waals surface area contributed by atoms with Gasteiger partial charge in [0, 0.05) is 54.3 Å². The van der Waals surface area contributed by atoms with Gasteiger partial charge in [0.15, 0.2) is 22.3 Å². The van der Waals surface area contributed by atoms with Gasteiger partial charge in [-0.15, -0.1) is 0 Å². The van der Waals surface area contributed by atoms with Crippen molar-refractivity contribution in [2.75, 3.05) is 9.80 Å². The summed E-state index contributed by atoms with van der Waals surface area (Å²) in [7, 11) is 0. The maximum absolute atomic E-state index is 10.5. The van der Waals surface area contributed by atoms with Crippen LogP contribution in [0.3, 0.4) is 0 Å². The number of rotatable bonds is 6. The molecule has 0 saturated carbocycles. The molecule has 0 amide bonds. The first-order valence-corrected chi connectivity index (χ1v) is 30.7. The first-order chi connectivity index (χ1) is 43.6. The van der Waals surface area contributed by atoms with E-state index in [0.717, 1.165) is 100 Å². The number of aromatic nitrogens is 1. The van der Waals surface area contributed by atoms with Gasteiger partial charge in [0.05, 0.1) is 56.0 Å². The minimum atomic E-state index is -0.938. The van der Waals surface area contributed by atoms with Gasteiger partial charge in [-0.05, 0) is 156 Å². The van der Waals surface area contributed by atoms with Gasteiger partial charge >= 0.3 is 0 Å². The number of aryl methyl sites for hydroxylation is 4. The predicted octanol–water partition coefficient (Wildman–Crippen LogP) is 19.9. The number of benzene rings is 12. The summed E-state index contributed by atoms with van der Waals surface area (Å²) in [5.74, 6) is 0.228. The van der Waals surface area contributed by atoms with Crippen LogP contribution in [-0.4, -0.2) is 4.57 Å². The molecule has 3 aromatic heterocycles. The van der Waals surface area contributed by atoms with Crippen LogP contribution in [0, 0.1) is 56.3 Å². The molecule has 2 unspecified atom stereocenters. The molecule has 0 fully saturated rings. The van der Waals surface area contributed by atoms with E-state index in [1.54, 1.807) is 0 Å². The molecule has 0 radical (unpaired) electrons. The summed E-state index contributed by atoms with van der Waals surface area (Å²) >= 11 is 0. The molecular formula is C82H55N5O2. The third-order valence-electron chi connectivity index (χ3n) is 19.7. The average Bonchev–Trinajstić information content (AvgIpc) is 1.52. The summed E-state index contributed by atoms with van der Waals surface area (Å²) in [5.41, 5.74) is 23.8. The molecule has 7 heteroatoms. The van der Waals surface area contributed by atoms with Crippen LogP contribution in [0.15, 0.2) is 221 Å². The third kappa shape index (κ3) is 6.79. The Bertz CT molecular complexity index is 5920. The van der Waals surface area contributed by atoms with Crippen LogP contribution < -0.4 is 20.2 Å². The molecule has 4 heterocycles. The fourth-order valence-corrected chi connectivity index (χ4v) is 16.1. The zero-order chi connectivity index (χ0) is 59.7. The second-order valence-electron chi connectivity index (χ2n) is 24.8. The van der Waals surface area contributed by atoms with E-state index < -0.39 is 5.41 Å². The van der Waals surface area contributed by atoms with Crippen molar-refractivity contribution in [1.82, 2.24) is 4.57 Å². The molecule has 2 atom stereocenters. The molecule has 1 spiro atoms. The Kier molecular flexibility index (Phi) is 10.6. The largest absolute Gasteiger partial charge is 0.452 e. The van der Waals surface area contributed by atoms with Crippen molar-refractivity contribution >= 4 is 123 Å². The second-order valence-corrected chi connectivity index (χ2v) is 24.8. The molecule has 3 aliphatic rings. The van der Waals surface area contributed by atoms with Crippen LogP contribution in [0.1, 0.15) is 69.0 Å². The van der Waals surface area contributed by atoms with Gasteiger partial charge in [0.25, 0.3) is 0 Å². The summed E-state index contributed by atoms with van der Waals surface area (Å²) in [6.45, 7) is 11.1.